The van der Waals surface area contributed by atoms with Crippen molar-refractivity contribution in [3.05, 3.63) is 98.0 Å². The molecule has 192 valence electrons. The number of nitrogens with one attached hydrogen (secondary N) is 1. The molecule has 13 heteroatoms. The molecule has 11 nitrogen and oxygen atoms in total. The summed E-state index contributed by atoms with van der Waals surface area (Å²) in [4.78, 5) is 44.1. The lowest BCUT2D eigenvalue weighted by atomic mass is 10.1. The minimum Gasteiger partial charge on any atom is -0.494 e. The van der Waals surface area contributed by atoms with Crippen LogP contribution < -0.4 is 15.6 Å². The van der Waals surface area contributed by atoms with E-state index in [4.69, 9.17) is 20.9 Å². The van der Waals surface area contributed by atoms with E-state index in [2.05, 4.69) is 20.6 Å². The zero-order valence-corrected chi connectivity index (χ0v) is 21.4. The number of thiophene rings is 1. The third-order valence-electron chi connectivity index (χ3n) is 5.53. The first-order chi connectivity index (χ1) is 18.4. The highest BCUT2D eigenvalue weighted by atomic mass is 35.5. The maximum Gasteiger partial charge on any atom is 0.302 e. The zero-order chi connectivity index (χ0) is 26.6. The number of anilines is 1. The fourth-order valence-corrected chi connectivity index (χ4v) is 4.77. The summed E-state index contributed by atoms with van der Waals surface area (Å²) in [5.41, 5.74) is 0.384. The summed E-state index contributed by atoms with van der Waals surface area (Å²) in [5, 5.41) is 11.4. The number of carbonyl (C=O) groups is 2. The van der Waals surface area contributed by atoms with Crippen molar-refractivity contribution in [1.82, 2.24) is 24.5 Å². The summed E-state index contributed by atoms with van der Waals surface area (Å²) >= 11 is 7.44. The lowest BCUT2D eigenvalue weighted by Gasteiger charge is -2.14. The Bertz CT molecular complexity index is 1660. The highest BCUT2D eigenvalue weighted by Gasteiger charge is 2.24. The number of rotatable bonds is 9. The number of ketones is 1. The Morgan fingerprint density at radius 2 is 2.05 bits per heavy atom. The van der Waals surface area contributed by atoms with E-state index in [1.165, 1.54) is 53.7 Å². The Labute approximate surface area is 224 Å². The SMILES string of the molecule is COc1ccc(=O)n(CC(=O)c2cccnc2)c1-c1cc(NCc2ccc(Cl)s2)n(C(=O)c2ccon2)n1. The topological polar surface area (TPSA) is 134 Å². The predicted octanol–water partition coefficient (Wildman–Crippen LogP) is 4.00. The summed E-state index contributed by atoms with van der Waals surface area (Å²) in [6, 6.07) is 12.7. The number of nitrogens with zero attached hydrogens (tertiary/aromatic N) is 5. The van der Waals surface area contributed by atoms with Gasteiger partial charge in [0.15, 0.2) is 11.5 Å². The van der Waals surface area contributed by atoms with E-state index in [0.717, 1.165) is 9.56 Å². The van der Waals surface area contributed by atoms with Crippen molar-refractivity contribution in [2.24, 2.45) is 0 Å². The van der Waals surface area contributed by atoms with Crippen molar-refractivity contribution in [1.29, 1.82) is 0 Å². The number of methoxy groups -OCH3 is 1. The quantitative estimate of drug-likeness (QED) is 0.270. The molecule has 0 saturated heterocycles. The smallest absolute Gasteiger partial charge is 0.302 e. The summed E-state index contributed by atoms with van der Waals surface area (Å²) in [5.74, 6) is -0.285. The second kappa shape index (κ2) is 10.8. The molecule has 0 aromatic carbocycles. The number of halogens is 1. The van der Waals surface area contributed by atoms with Gasteiger partial charge in [-0.3, -0.25) is 23.9 Å². The normalized spacial score (nSPS) is 10.9. The van der Waals surface area contributed by atoms with Crippen LogP contribution in [0, 0.1) is 0 Å². The monoisotopic (exact) mass is 550 g/mol. The zero-order valence-electron chi connectivity index (χ0n) is 19.8. The van der Waals surface area contributed by atoms with Gasteiger partial charge in [0, 0.05) is 41.0 Å². The highest BCUT2D eigenvalue weighted by Crippen LogP contribution is 2.31. The number of hydrogen-bond donors (Lipinski definition) is 1. The van der Waals surface area contributed by atoms with Crippen LogP contribution >= 0.6 is 22.9 Å². The van der Waals surface area contributed by atoms with E-state index in [-0.39, 0.29) is 29.4 Å². The number of aromatic nitrogens is 5. The van der Waals surface area contributed by atoms with Crippen molar-refractivity contribution >= 4 is 40.4 Å². The summed E-state index contributed by atoms with van der Waals surface area (Å²) in [7, 11) is 1.44. The van der Waals surface area contributed by atoms with Crippen molar-refractivity contribution in [3.63, 3.8) is 0 Å². The summed E-state index contributed by atoms with van der Waals surface area (Å²) in [6.07, 6.45) is 4.26. The number of Topliss-reactive ketones (excluding diaryl/α,β-unsaturated/α-hetero) is 1. The molecule has 5 aromatic heterocycles. The first kappa shape index (κ1) is 25.1. The summed E-state index contributed by atoms with van der Waals surface area (Å²) < 4.78 is 13.3. The molecule has 1 N–H and O–H groups in total. The van der Waals surface area contributed by atoms with Gasteiger partial charge in [-0.1, -0.05) is 16.8 Å². The van der Waals surface area contributed by atoms with Crippen LogP contribution in [0.3, 0.4) is 0 Å². The van der Waals surface area contributed by atoms with Gasteiger partial charge >= 0.3 is 5.91 Å². The van der Waals surface area contributed by atoms with Crippen molar-refractivity contribution in [2.75, 3.05) is 12.4 Å². The van der Waals surface area contributed by atoms with E-state index >= 15 is 0 Å². The standard InChI is InChI=1S/C25H19ClN6O5S/c1-36-20-5-7-23(34)31(14-19(33)15-3-2-9-27-12-15)24(20)18-11-22(28-13-16-4-6-21(26)38-16)32(29-18)25(35)17-8-10-37-30-17/h2-12,28H,13-14H2,1H3. The molecule has 0 amide bonds. The Morgan fingerprint density at radius 3 is 2.74 bits per heavy atom. The molecule has 0 radical (unpaired) electrons. The van der Waals surface area contributed by atoms with Crippen LogP contribution in [0.1, 0.15) is 25.7 Å². The van der Waals surface area contributed by atoms with Crippen molar-refractivity contribution in [3.8, 4) is 17.1 Å². The van der Waals surface area contributed by atoms with E-state index < -0.39 is 11.5 Å². The van der Waals surface area contributed by atoms with Gasteiger partial charge in [0.2, 0.25) is 0 Å². The number of carbonyl (C=O) groups excluding carboxylic acids is 2. The van der Waals surface area contributed by atoms with Crippen molar-refractivity contribution in [2.45, 2.75) is 13.1 Å². The van der Waals surface area contributed by atoms with Gasteiger partial charge in [0.05, 0.1) is 24.5 Å². The van der Waals surface area contributed by atoms with Gasteiger partial charge < -0.3 is 14.6 Å². The van der Waals surface area contributed by atoms with Crippen LogP contribution in [-0.2, 0) is 13.1 Å². The second-order valence-corrected chi connectivity index (χ2v) is 9.72. The molecule has 0 atom stereocenters. The predicted molar refractivity (Wildman–Crippen MR) is 140 cm³/mol. The highest BCUT2D eigenvalue weighted by molar-refractivity contribution is 7.16. The lowest BCUT2D eigenvalue weighted by Crippen LogP contribution is -2.26. The van der Waals surface area contributed by atoms with Crippen LogP contribution in [0.2, 0.25) is 4.34 Å². The Kier molecular flexibility index (Phi) is 7.15. The minimum absolute atomic E-state index is 0.0334. The Morgan fingerprint density at radius 1 is 1.18 bits per heavy atom. The molecule has 0 spiro atoms. The van der Waals surface area contributed by atoms with Crippen LogP contribution in [0.25, 0.3) is 11.4 Å². The van der Waals surface area contributed by atoms with Gasteiger partial charge in [-0.15, -0.1) is 11.3 Å². The van der Waals surface area contributed by atoms with Crippen LogP contribution in [0.5, 0.6) is 5.75 Å². The molecule has 5 heterocycles. The Balaban J connectivity index is 1.59. The molecule has 0 unspecified atom stereocenters. The molecule has 0 aliphatic rings. The van der Waals surface area contributed by atoms with E-state index in [9.17, 15) is 14.4 Å². The van der Waals surface area contributed by atoms with Crippen LogP contribution in [0.15, 0.2) is 76.5 Å². The average molecular weight is 551 g/mol. The lowest BCUT2D eigenvalue weighted by molar-refractivity contribution is 0.0936. The number of pyridine rings is 2. The molecular formula is C25H19ClN6O5S. The molecule has 38 heavy (non-hydrogen) atoms. The fraction of sp³-hybridized carbons (Fsp3) is 0.120. The maximum atomic E-state index is 13.2. The Hall–Kier alpha value is -4.55. The third-order valence-corrected chi connectivity index (χ3v) is 6.76. The minimum atomic E-state index is -0.563. The molecule has 0 aliphatic carbocycles. The van der Waals surface area contributed by atoms with Gasteiger partial charge in [-0.2, -0.15) is 9.78 Å². The van der Waals surface area contributed by atoms with E-state index in [0.29, 0.717) is 28.0 Å². The molecule has 0 fully saturated rings. The van der Waals surface area contributed by atoms with E-state index in [1.54, 1.807) is 30.5 Å². The van der Waals surface area contributed by atoms with Gasteiger partial charge in [0.25, 0.3) is 5.56 Å². The first-order valence-corrected chi connectivity index (χ1v) is 12.4. The van der Waals surface area contributed by atoms with E-state index in [1.807, 2.05) is 6.07 Å². The molecule has 5 rings (SSSR count). The maximum absolute atomic E-state index is 13.2. The average Bonchev–Trinajstić information content (AvgIpc) is 3.70. The molecule has 0 aliphatic heterocycles. The summed E-state index contributed by atoms with van der Waals surface area (Å²) in [6.45, 7) is 0.0600. The number of ether oxygens (including phenoxy) is 1. The molecule has 5 aromatic rings. The molecule has 0 bridgehead atoms. The van der Waals surface area contributed by atoms with Crippen LogP contribution in [-0.4, -0.2) is 43.3 Å². The third kappa shape index (κ3) is 5.12. The molecule has 0 saturated carbocycles. The fourth-order valence-electron chi connectivity index (χ4n) is 3.74. The second-order valence-electron chi connectivity index (χ2n) is 7.92. The van der Waals surface area contributed by atoms with Gasteiger partial charge in [0.1, 0.15) is 29.2 Å². The number of hydrogen-bond acceptors (Lipinski definition) is 10. The van der Waals surface area contributed by atoms with Gasteiger partial charge in [-0.25, -0.2) is 0 Å². The van der Waals surface area contributed by atoms with Crippen molar-refractivity contribution < 1.29 is 18.8 Å². The van der Waals surface area contributed by atoms with Crippen LogP contribution in [0.4, 0.5) is 5.82 Å². The largest absolute Gasteiger partial charge is 0.494 e. The molecular weight excluding hydrogens is 532 g/mol. The van der Waals surface area contributed by atoms with Gasteiger partial charge in [-0.05, 0) is 30.3 Å². The first-order valence-electron chi connectivity index (χ1n) is 11.2.